The molecule has 2 aromatic rings. The Hall–Kier alpha value is -1.83. The highest BCUT2D eigenvalue weighted by molar-refractivity contribution is 9.10. The Morgan fingerprint density at radius 3 is 2.12 bits per heavy atom. The van der Waals surface area contributed by atoms with Crippen molar-refractivity contribution in [2.75, 3.05) is 6.61 Å². The van der Waals surface area contributed by atoms with Crippen molar-refractivity contribution in [2.24, 2.45) is 0 Å². The number of rotatable bonds is 6. The molecule has 0 amide bonds. The Morgan fingerprint density at radius 1 is 0.833 bits per heavy atom. The van der Waals surface area contributed by atoms with Gasteiger partial charge in [0.1, 0.15) is 6.61 Å². The highest BCUT2D eigenvalue weighted by Crippen LogP contribution is 2.37. The second-order valence-corrected chi connectivity index (χ2v) is 5.77. The minimum Gasteiger partial charge on any atom is -0.485 e. The van der Waals surface area contributed by atoms with Crippen LogP contribution in [0.1, 0.15) is 5.56 Å². The first-order valence-corrected chi connectivity index (χ1v) is 7.52. The molecule has 8 heteroatoms. The second kappa shape index (κ2) is 7.38. The van der Waals surface area contributed by atoms with E-state index in [9.17, 15) is 22.0 Å². The molecule has 0 saturated carbocycles. The van der Waals surface area contributed by atoms with Crippen LogP contribution in [-0.2, 0) is 6.61 Å². The predicted octanol–water partition coefficient (Wildman–Crippen LogP) is 5.60. The zero-order valence-electron chi connectivity index (χ0n) is 12.1. The Kier molecular flexibility index (Phi) is 5.69. The summed E-state index contributed by atoms with van der Waals surface area (Å²) in [5.41, 5.74) is 0.809. The van der Waals surface area contributed by atoms with E-state index >= 15 is 0 Å². The van der Waals surface area contributed by atoms with Crippen LogP contribution in [0.5, 0.6) is 11.5 Å². The minimum absolute atomic E-state index is 0.0613. The van der Waals surface area contributed by atoms with Gasteiger partial charge in [0.05, 0.1) is 0 Å². The number of hydrogen-bond acceptors (Lipinski definition) is 2. The number of alkyl halides is 5. The molecule has 2 nitrogen and oxygen atoms in total. The van der Waals surface area contributed by atoms with Gasteiger partial charge in [0, 0.05) is 4.47 Å². The van der Waals surface area contributed by atoms with Gasteiger partial charge < -0.3 is 9.47 Å². The molecule has 0 fully saturated rings. The lowest BCUT2D eigenvalue weighted by molar-refractivity contribution is -0.290. The van der Waals surface area contributed by atoms with Gasteiger partial charge in [-0.15, -0.1) is 0 Å². The average molecular weight is 411 g/mol. The van der Waals surface area contributed by atoms with Gasteiger partial charge in [-0.25, -0.2) is 0 Å². The van der Waals surface area contributed by atoms with Crippen molar-refractivity contribution in [3.05, 3.63) is 58.6 Å². The summed E-state index contributed by atoms with van der Waals surface area (Å²) in [7, 11) is 0. The van der Waals surface area contributed by atoms with E-state index in [1.807, 2.05) is 6.07 Å². The molecule has 24 heavy (non-hydrogen) atoms. The van der Waals surface area contributed by atoms with Crippen LogP contribution in [0.15, 0.2) is 53.0 Å². The fraction of sp³-hybridized carbons (Fsp3) is 0.250. The van der Waals surface area contributed by atoms with E-state index in [4.69, 9.17) is 4.74 Å². The molecule has 0 aromatic heterocycles. The smallest absolute Gasteiger partial charge is 0.456 e. The van der Waals surface area contributed by atoms with Crippen LogP contribution in [-0.4, -0.2) is 18.7 Å². The molecule has 0 unspecified atom stereocenters. The first-order valence-electron chi connectivity index (χ1n) is 6.73. The van der Waals surface area contributed by atoms with Gasteiger partial charge in [-0.05, 0) is 23.8 Å². The van der Waals surface area contributed by atoms with Crippen molar-refractivity contribution >= 4 is 15.9 Å². The third-order valence-corrected chi connectivity index (χ3v) is 3.46. The highest BCUT2D eigenvalue weighted by Gasteiger charge is 2.58. The van der Waals surface area contributed by atoms with E-state index in [0.717, 1.165) is 5.56 Å². The third kappa shape index (κ3) is 4.83. The summed E-state index contributed by atoms with van der Waals surface area (Å²) >= 11 is 3.18. The standard InChI is InChI=1S/C16H12BrF5O2/c17-12-6-7-13(24-10-15(18,19)16(20,21)22)14(8-12)23-9-11-4-2-1-3-5-11/h1-8H,9-10H2. The van der Waals surface area contributed by atoms with Crippen molar-refractivity contribution in [3.8, 4) is 11.5 Å². The molecule has 0 aliphatic carbocycles. The lowest BCUT2D eigenvalue weighted by Crippen LogP contribution is -2.41. The number of hydrogen-bond donors (Lipinski definition) is 0. The maximum Gasteiger partial charge on any atom is 0.456 e. The number of benzene rings is 2. The number of ether oxygens (including phenoxy) is 2. The van der Waals surface area contributed by atoms with Gasteiger partial charge in [-0.3, -0.25) is 0 Å². The lowest BCUT2D eigenvalue weighted by Gasteiger charge is -2.21. The third-order valence-electron chi connectivity index (χ3n) is 2.97. The van der Waals surface area contributed by atoms with Gasteiger partial charge in [0.15, 0.2) is 18.1 Å². The summed E-state index contributed by atoms with van der Waals surface area (Å²) in [6, 6.07) is 13.1. The maximum atomic E-state index is 13.0. The monoisotopic (exact) mass is 410 g/mol. The Labute approximate surface area is 143 Å². The Balaban J connectivity index is 2.10. The normalized spacial score (nSPS) is 12.1. The topological polar surface area (TPSA) is 18.5 Å². The van der Waals surface area contributed by atoms with Crippen LogP contribution in [0.3, 0.4) is 0 Å². The van der Waals surface area contributed by atoms with Crippen LogP contribution in [0.2, 0.25) is 0 Å². The van der Waals surface area contributed by atoms with E-state index in [2.05, 4.69) is 20.7 Å². The molecule has 0 aliphatic heterocycles. The molecular formula is C16H12BrF5O2. The first-order chi connectivity index (χ1) is 11.2. The molecule has 130 valence electrons. The first kappa shape index (κ1) is 18.5. The SMILES string of the molecule is FC(F)(F)C(F)(F)COc1ccc(Br)cc1OCc1ccccc1. The molecule has 0 atom stereocenters. The summed E-state index contributed by atoms with van der Waals surface area (Å²) in [5, 5.41) is 0. The van der Waals surface area contributed by atoms with E-state index in [1.54, 1.807) is 24.3 Å². The molecule has 0 saturated heterocycles. The predicted molar refractivity (Wildman–Crippen MR) is 81.4 cm³/mol. The van der Waals surface area contributed by atoms with E-state index in [-0.39, 0.29) is 18.1 Å². The van der Waals surface area contributed by atoms with Gasteiger partial charge in [-0.2, -0.15) is 22.0 Å². The maximum absolute atomic E-state index is 13.0. The van der Waals surface area contributed by atoms with Gasteiger partial charge >= 0.3 is 12.1 Å². The molecule has 0 spiro atoms. The van der Waals surface area contributed by atoms with Crippen molar-refractivity contribution in [1.29, 1.82) is 0 Å². The molecule has 0 heterocycles. The number of halogens is 6. The lowest BCUT2D eigenvalue weighted by atomic mass is 10.2. The molecule has 0 bridgehead atoms. The quantitative estimate of drug-likeness (QED) is 0.576. The van der Waals surface area contributed by atoms with Crippen molar-refractivity contribution < 1.29 is 31.4 Å². The Bertz CT molecular complexity index is 674. The largest absolute Gasteiger partial charge is 0.485 e. The minimum atomic E-state index is -5.67. The summed E-state index contributed by atoms with van der Waals surface area (Å²) in [5.74, 6) is -5.08. The zero-order chi connectivity index (χ0) is 17.8. The van der Waals surface area contributed by atoms with E-state index < -0.39 is 18.7 Å². The van der Waals surface area contributed by atoms with Gasteiger partial charge in [-0.1, -0.05) is 46.3 Å². The van der Waals surface area contributed by atoms with E-state index in [1.165, 1.54) is 18.2 Å². The fourth-order valence-electron chi connectivity index (χ4n) is 1.70. The van der Waals surface area contributed by atoms with Gasteiger partial charge in [0.25, 0.3) is 0 Å². The van der Waals surface area contributed by atoms with Crippen molar-refractivity contribution in [2.45, 2.75) is 18.7 Å². The summed E-state index contributed by atoms with van der Waals surface area (Å²) in [6.45, 7) is -1.71. The van der Waals surface area contributed by atoms with Crippen LogP contribution >= 0.6 is 15.9 Å². The second-order valence-electron chi connectivity index (χ2n) is 4.86. The van der Waals surface area contributed by atoms with Crippen molar-refractivity contribution in [3.63, 3.8) is 0 Å². The zero-order valence-corrected chi connectivity index (χ0v) is 13.7. The molecule has 0 aliphatic rings. The van der Waals surface area contributed by atoms with Crippen LogP contribution in [0.4, 0.5) is 22.0 Å². The summed E-state index contributed by atoms with van der Waals surface area (Å²) < 4.78 is 73.3. The molecule has 2 aromatic carbocycles. The molecular weight excluding hydrogens is 399 g/mol. The summed E-state index contributed by atoms with van der Waals surface area (Å²) in [6.07, 6.45) is -5.67. The van der Waals surface area contributed by atoms with Crippen molar-refractivity contribution in [1.82, 2.24) is 0 Å². The Morgan fingerprint density at radius 2 is 1.50 bits per heavy atom. The fourth-order valence-corrected chi connectivity index (χ4v) is 2.04. The molecule has 0 radical (unpaired) electrons. The van der Waals surface area contributed by atoms with Crippen LogP contribution < -0.4 is 9.47 Å². The van der Waals surface area contributed by atoms with E-state index in [0.29, 0.717) is 4.47 Å². The highest BCUT2D eigenvalue weighted by atomic mass is 79.9. The molecule has 2 rings (SSSR count). The summed E-state index contributed by atoms with van der Waals surface area (Å²) in [4.78, 5) is 0. The molecule has 0 N–H and O–H groups in total. The van der Waals surface area contributed by atoms with Crippen LogP contribution in [0, 0.1) is 0 Å². The van der Waals surface area contributed by atoms with Crippen LogP contribution in [0.25, 0.3) is 0 Å². The average Bonchev–Trinajstić information content (AvgIpc) is 2.52. The van der Waals surface area contributed by atoms with Gasteiger partial charge in [0.2, 0.25) is 0 Å².